The van der Waals surface area contributed by atoms with Crippen molar-refractivity contribution in [2.24, 2.45) is 0 Å². The van der Waals surface area contributed by atoms with E-state index in [1.165, 1.54) is 17.0 Å². The van der Waals surface area contributed by atoms with E-state index in [0.717, 1.165) is 18.9 Å². The van der Waals surface area contributed by atoms with Crippen LogP contribution in [-0.2, 0) is 4.79 Å². The molecule has 108 valence electrons. The van der Waals surface area contributed by atoms with Gasteiger partial charge in [0, 0.05) is 24.2 Å². The molecule has 0 aliphatic carbocycles. The first-order valence-corrected chi connectivity index (χ1v) is 6.53. The van der Waals surface area contributed by atoms with Gasteiger partial charge in [-0.3, -0.25) is 9.59 Å². The second-order valence-electron chi connectivity index (χ2n) is 4.98. The lowest BCUT2D eigenvalue weighted by molar-refractivity contribution is -0.138. The molecule has 1 unspecified atom stereocenters. The molecule has 2 rings (SSSR count). The number of rotatable bonds is 3. The van der Waals surface area contributed by atoms with E-state index in [4.69, 9.17) is 5.11 Å². The second-order valence-corrected chi connectivity index (χ2v) is 4.98. The number of benzene rings is 1. The molecular weight excluding hydrogens is 262 g/mol. The zero-order valence-corrected chi connectivity index (χ0v) is 11.0. The Morgan fingerprint density at radius 1 is 1.15 bits per heavy atom. The van der Waals surface area contributed by atoms with Crippen LogP contribution < -0.4 is 0 Å². The molecule has 1 atom stereocenters. The molecule has 6 nitrogen and oxygen atoms in total. The number of carboxylic acid groups (broad SMARTS) is 1. The van der Waals surface area contributed by atoms with Crippen LogP contribution in [0, 0.1) is 0 Å². The first kappa shape index (κ1) is 14.2. The number of aromatic hydroxyl groups is 2. The minimum absolute atomic E-state index is 0.0868. The number of phenols is 2. The monoisotopic (exact) mass is 279 g/mol. The number of amides is 1. The maximum absolute atomic E-state index is 12.4. The molecule has 0 radical (unpaired) electrons. The Morgan fingerprint density at radius 2 is 1.80 bits per heavy atom. The lowest BCUT2D eigenvalue weighted by Gasteiger charge is -2.35. The van der Waals surface area contributed by atoms with Crippen LogP contribution in [0.15, 0.2) is 18.2 Å². The fourth-order valence-corrected chi connectivity index (χ4v) is 2.57. The molecule has 20 heavy (non-hydrogen) atoms. The molecule has 0 spiro atoms. The maximum atomic E-state index is 12.4. The van der Waals surface area contributed by atoms with Gasteiger partial charge in [-0.1, -0.05) is 0 Å². The Bertz CT molecular complexity index is 508. The van der Waals surface area contributed by atoms with Gasteiger partial charge in [-0.25, -0.2) is 0 Å². The van der Waals surface area contributed by atoms with E-state index in [1.54, 1.807) is 0 Å². The standard InChI is InChI=1S/C14H17NO5/c16-11-5-9(6-12(17)8-11)14(20)15-4-2-1-3-10(15)7-13(18)19/h5-6,8,10,16-17H,1-4,7H2,(H,18,19). The van der Waals surface area contributed by atoms with Crippen LogP contribution in [0.25, 0.3) is 0 Å². The molecule has 1 aromatic carbocycles. The van der Waals surface area contributed by atoms with E-state index in [1.807, 2.05) is 0 Å². The number of piperidine rings is 1. The first-order chi connectivity index (χ1) is 9.47. The van der Waals surface area contributed by atoms with E-state index < -0.39 is 5.97 Å². The van der Waals surface area contributed by atoms with Crippen LogP contribution in [0.5, 0.6) is 11.5 Å². The number of carboxylic acids is 1. The molecule has 0 aromatic heterocycles. The Labute approximate surface area is 116 Å². The van der Waals surface area contributed by atoms with Crippen molar-refractivity contribution in [1.82, 2.24) is 4.90 Å². The van der Waals surface area contributed by atoms with Gasteiger partial charge in [0.05, 0.1) is 6.42 Å². The maximum Gasteiger partial charge on any atom is 0.305 e. The summed E-state index contributed by atoms with van der Waals surface area (Å²) in [6, 6.07) is 3.35. The molecule has 0 saturated carbocycles. The average Bonchev–Trinajstić information content (AvgIpc) is 2.36. The highest BCUT2D eigenvalue weighted by atomic mass is 16.4. The molecule has 1 aromatic rings. The van der Waals surface area contributed by atoms with Crippen molar-refractivity contribution in [3.63, 3.8) is 0 Å². The van der Waals surface area contributed by atoms with Crippen molar-refractivity contribution >= 4 is 11.9 Å². The van der Waals surface area contributed by atoms with Gasteiger partial charge in [-0.2, -0.15) is 0 Å². The van der Waals surface area contributed by atoms with Crippen LogP contribution in [0.3, 0.4) is 0 Å². The summed E-state index contributed by atoms with van der Waals surface area (Å²) < 4.78 is 0. The number of phenolic OH excluding ortho intramolecular Hbond substituents is 2. The highest BCUT2D eigenvalue weighted by molar-refractivity contribution is 5.95. The Morgan fingerprint density at radius 3 is 2.40 bits per heavy atom. The number of likely N-dealkylation sites (tertiary alicyclic amines) is 1. The van der Waals surface area contributed by atoms with Crippen molar-refractivity contribution in [1.29, 1.82) is 0 Å². The van der Waals surface area contributed by atoms with E-state index >= 15 is 0 Å². The third-order valence-electron chi connectivity index (χ3n) is 3.45. The van der Waals surface area contributed by atoms with Crippen molar-refractivity contribution in [3.8, 4) is 11.5 Å². The molecular formula is C14H17NO5. The molecule has 6 heteroatoms. The normalized spacial score (nSPS) is 18.8. The van der Waals surface area contributed by atoms with Gasteiger partial charge in [-0.15, -0.1) is 0 Å². The summed E-state index contributed by atoms with van der Waals surface area (Å²) in [4.78, 5) is 24.8. The smallest absolute Gasteiger partial charge is 0.305 e. The third kappa shape index (κ3) is 3.20. The molecule has 1 amide bonds. The molecule has 1 saturated heterocycles. The second kappa shape index (κ2) is 5.81. The topological polar surface area (TPSA) is 98.1 Å². The van der Waals surface area contributed by atoms with Crippen LogP contribution in [0.2, 0.25) is 0 Å². The summed E-state index contributed by atoms with van der Waals surface area (Å²) in [5.74, 6) is -1.68. The SMILES string of the molecule is O=C(O)CC1CCCCN1C(=O)c1cc(O)cc(O)c1. The number of hydrogen-bond acceptors (Lipinski definition) is 4. The Kier molecular flexibility index (Phi) is 4.12. The Hall–Kier alpha value is -2.24. The molecule has 3 N–H and O–H groups in total. The van der Waals surface area contributed by atoms with Crippen LogP contribution in [-0.4, -0.2) is 44.7 Å². The molecule has 1 fully saturated rings. The minimum Gasteiger partial charge on any atom is -0.508 e. The molecule has 1 aliphatic rings. The number of carbonyl (C=O) groups excluding carboxylic acids is 1. The zero-order valence-electron chi connectivity index (χ0n) is 11.0. The largest absolute Gasteiger partial charge is 0.508 e. The van der Waals surface area contributed by atoms with Crippen molar-refractivity contribution in [2.75, 3.05) is 6.54 Å². The van der Waals surface area contributed by atoms with Crippen molar-refractivity contribution < 1.29 is 24.9 Å². The first-order valence-electron chi connectivity index (χ1n) is 6.53. The number of carbonyl (C=O) groups is 2. The lowest BCUT2D eigenvalue weighted by atomic mass is 9.98. The molecule has 0 bridgehead atoms. The number of aliphatic carboxylic acids is 1. The summed E-state index contributed by atoms with van der Waals surface area (Å²) >= 11 is 0. The van der Waals surface area contributed by atoms with Gasteiger partial charge in [0.25, 0.3) is 5.91 Å². The van der Waals surface area contributed by atoms with Crippen LogP contribution >= 0.6 is 0 Å². The quantitative estimate of drug-likeness (QED) is 0.780. The summed E-state index contributed by atoms with van der Waals surface area (Å²) in [7, 11) is 0. The van der Waals surface area contributed by atoms with E-state index in [2.05, 4.69) is 0 Å². The van der Waals surface area contributed by atoms with Crippen LogP contribution in [0.4, 0.5) is 0 Å². The predicted molar refractivity (Wildman–Crippen MR) is 70.7 cm³/mol. The summed E-state index contributed by atoms with van der Waals surface area (Å²) in [5, 5.41) is 27.8. The number of nitrogens with zero attached hydrogens (tertiary/aromatic N) is 1. The lowest BCUT2D eigenvalue weighted by Crippen LogP contribution is -2.44. The van der Waals surface area contributed by atoms with Gasteiger partial charge >= 0.3 is 5.97 Å². The summed E-state index contributed by atoms with van der Waals surface area (Å²) in [6.45, 7) is 0.493. The van der Waals surface area contributed by atoms with E-state index in [9.17, 15) is 19.8 Å². The highest BCUT2D eigenvalue weighted by Crippen LogP contribution is 2.25. The van der Waals surface area contributed by atoms with Gasteiger partial charge < -0.3 is 20.2 Å². The summed E-state index contributed by atoms with van der Waals surface area (Å²) in [6.07, 6.45) is 2.29. The van der Waals surface area contributed by atoms with Crippen molar-refractivity contribution in [3.05, 3.63) is 23.8 Å². The minimum atomic E-state index is -0.937. The Balaban J connectivity index is 2.22. The van der Waals surface area contributed by atoms with Gasteiger partial charge in [-0.05, 0) is 31.4 Å². The zero-order chi connectivity index (χ0) is 14.7. The average molecular weight is 279 g/mol. The molecule has 1 aliphatic heterocycles. The van der Waals surface area contributed by atoms with E-state index in [0.29, 0.717) is 13.0 Å². The number of hydrogen-bond donors (Lipinski definition) is 3. The van der Waals surface area contributed by atoms with Gasteiger partial charge in [0.1, 0.15) is 11.5 Å². The van der Waals surface area contributed by atoms with Crippen molar-refractivity contribution in [2.45, 2.75) is 31.7 Å². The van der Waals surface area contributed by atoms with Gasteiger partial charge in [0.15, 0.2) is 0 Å². The predicted octanol–water partition coefficient (Wildman–Crippen LogP) is 1.57. The molecule has 1 heterocycles. The fourth-order valence-electron chi connectivity index (χ4n) is 2.57. The third-order valence-corrected chi connectivity index (χ3v) is 3.45. The highest BCUT2D eigenvalue weighted by Gasteiger charge is 2.29. The fraction of sp³-hybridized carbons (Fsp3) is 0.429. The summed E-state index contributed by atoms with van der Waals surface area (Å²) in [5.41, 5.74) is 0.166. The van der Waals surface area contributed by atoms with E-state index in [-0.39, 0.29) is 35.4 Å². The van der Waals surface area contributed by atoms with Gasteiger partial charge in [0.2, 0.25) is 0 Å². The van der Waals surface area contributed by atoms with Crippen LogP contribution in [0.1, 0.15) is 36.0 Å².